The number of benzene rings is 1. The monoisotopic (exact) mass is 278 g/mol. The molecule has 20 heavy (non-hydrogen) atoms. The molecular weight excluding hydrogens is 268 g/mol. The molecule has 0 amide bonds. The van der Waals surface area contributed by atoms with Crippen LogP contribution >= 0.6 is 0 Å². The zero-order valence-electron chi connectivity index (χ0n) is 10.2. The number of aromatic hydroxyl groups is 2. The van der Waals surface area contributed by atoms with Crippen LogP contribution < -0.4 is 0 Å². The lowest BCUT2D eigenvalue weighted by atomic mass is 10.1. The number of hydrogen-bond donors (Lipinski definition) is 4. The Kier molecular flexibility index (Phi) is 3.07. The topological polar surface area (TPSA) is 133 Å². The Bertz CT molecular complexity index is 719. The van der Waals surface area contributed by atoms with E-state index in [1.165, 1.54) is 17.8 Å². The molecule has 0 saturated carbocycles. The minimum absolute atomic E-state index is 0.0581. The van der Waals surface area contributed by atoms with Crippen LogP contribution in [0.1, 0.15) is 20.8 Å². The number of rotatable bonds is 3. The van der Waals surface area contributed by atoms with Crippen LogP contribution in [0.5, 0.6) is 11.5 Å². The summed E-state index contributed by atoms with van der Waals surface area (Å²) in [6, 6.07) is 3.13. The number of phenols is 2. The predicted octanol–water partition coefficient (Wildman–Crippen LogP) is 0.895. The maximum absolute atomic E-state index is 11.0. The molecule has 0 aliphatic rings. The van der Waals surface area contributed by atoms with Gasteiger partial charge in [-0.1, -0.05) is 0 Å². The summed E-state index contributed by atoms with van der Waals surface area (Å²) in [6.07, 6.45) is 0. The Hall–Kier alpha value is -3.03. The third-order valence-electron chi connectivity index (χ3n) is 2.72. The zero-order chi connectivity index (χ0) is 15.0. The zero-order valence-corrected chi connectivity index (χ0v) is 10.2. The van der Waals surface area contributed by atoms with Gasteiger partial charge in [-0.05, 0) is 12.1 Å². The maximum atomic E-state index is 11.0. The van der Waals surface area contributed by atoms with Gasteiger partial charge in [0.25, 0.3) is 0 Å². The fourth-order valence-corrected chi connectivity index (χ4v) is 1.78. The SMILES string of the molecule is Cn1nc(C(=O)O)cc1-c1cc(C(=O)O)c(O)cc1O. The molecule has 0 unspecified atom stereocenters. The summed E-state index contributed by atoms with van der Waals surface area (Å²) in [5, 5.41) is 40.7. The van der Waals surface area contributed by atoms with E-state index in [0.717, 1.165) is 12.1 Å². The van der Waals surface area contributed by atoms with Crippen LogP contribution in [0, 0.1) is 0 Å². The van der Waals surface area contributed by atoms with Crippen LogP contribution in [0.25, 0.3) is 11.3 Å². The van der Waals surface area contributed by atoms with Crippen LogP contribution in [0.15, 0.2) is 18.2 Å². The van der Waals surface area contributed by atoms with Crippen molar-refractivity contribution in [2.45, 2.75) is 0 Å². The van der Waals surface area contributed by atoms with Gasteiger partial charge in [-0.25, -0.2) is 9.59 Å². The number of carboxylic acids is 2. The average molecular weight is 278 g/mol. The number of aromatic nitrogens is 2. The van der Waals surface area contributed by atoms with E-state index in [-0.39, 0.29) is 22.7 Å². The molecule has 8 heteroatoms. The second-order valence-corrected chi connectivity index (χ2v) is 4.04. The molecule has 0 fully saturated rings. The highest BCUT2D eigenvalue weighted by atomic mass is 16.4. The first-order valence-electron chi connectivity index (χ1n) is 5.38. The Balaban J connectivity index is 2.66. The van der Waals surface area contributed by atoms with Gasteiger partial charge >= 0.3 is 11.9 Å². The average Bonchev–Trinajstić information content (AvgIpc) is 2.71. The maximum Gasteiger partial charge on any atom is 0.356 e. The number of aromatic carboxylic acids is 2. The number of nitrogens with zero attached hydrogens (tertiary/aromatic N) is 2. The summed E-state index contributed by atoms with van der Waals surface area (Å²) < 4.78 is 1.20. The Morgan fingerprint density at radius 2 is 1.70 bits per heavy atom. The van der Waals surface area contributed by atoms with Gasteiger partial charge in [-0.3, -0.25) is 4.68 Å². The minimum atomic E-state index is -1.37. The highest BCUT2D eigenvalue weighted by Gasteiger charge is 2.19. The summed E-state index contributed by atoms with van der Waals surface area (Å²) >= 11 is 0. The molecule has 2 rings (SSSR count). The number of carboxylic acid groups (broad SMARTS) is 2. The van der Waals surface area contributed by atoms with E-state index >= 15 is 0 Å². The molecule has 0 bridgehead atoms. The predicted molar refractivity (Wildman–Crippen MR) is 65.9 cm³/mol. The number of phenolic OH excluding ortho intramolecular Hbond substituents is 1. The third-order valence-corrected chi connectivity index (χ3v) is 2.72. The quantitative estimate of drug-likeness (QED) is 0.655. The molecule has 2 aromatic rings. The second-order valence-electron chi connectivity index (χ2n) is 4.04. The molecular formula is C12H10N2O6. The number of aryl methyl sites for hydroxylation is 1. The standard InChI is InChI=1S/C12H10N2O6/c1-14-8(3-7(13-14)12(19)20)5-2-6(11(17)18)10(16)4-9(5)15/h2-4,15-16H,1H3,(H,17,18)(H,19,20). The molecule has 0 spiro atoms. The van der Waals surface area contributed by atoms with Gasteiger partial charge in [0, 0.05) is 18.7 Å². The largest absolute Gasteiger partial charge is 0.507 e. The van der Waals surface area contributed by atoms with Gasteiger partial charge in [0.15, 0.2) is 5.69 Å². The smallest absolute Gasteiger partial charge is 0.356 e. The van der Waals surface area contributed by atoms with Crippen molar-refractivity contribution in [1.82, 2.24) is 9.78 Å². The first-order chi connectivity index (χ1) is 9.31. The van der Waals surface area contributed by atoms with E-state index in [0.29, 0.717) is 0 Å². The van der Waals surface area contributed by atoms with Gasteiger partial charge in [-0.15, -0.1) is 0 Å². The molecule has 8 nitrogen and oxygen atoms in total. The third kappa shape index (κ3) is 2.14. The van der Waals surface area contributed by atoms with Crippen molar-refractivity contribution in [2.75, 3.05) is 0 Å². The van der Waals surface area contributed by atoms with Crippen molar-refractivity contribution >= 4 is 11.9 Å². The van der Waals surface area contributed by atoms with Crippen molar-refractivity contribution in [1.29, 1.82) is 0 Å². The Labute approximate surface area is 112 Å². The first kappa shape index (κ1) is 13.4. The van der Waals surface area contributed by atoms with Gasteiger partial charge in [0.05, 0.1) is 5.69 Å². The molecule has 0 saturated heterocycles. The van der Waals surface area contributed by atoms with Crippen molar-refractivity contribution < 1.29 is 30.0 Å². The van der Waals surface area contributed by atoms with E-state index in [1.54, 1.807) is 0 Å². The fraction of sp³-hybridized carbons (Fsp3) is 0.0833. The lowest BCUT2D eigenvalue weighted by Gasteiger charge is -2.07. The van der Waals surface area contributed by atoms with Crippen LogP contribution in [-0.2, 0) is 7.05 Å². The van der Waals surface area contributed by atoms with E-state index < -0.39 is 23.3 Å². The van der Waals surface area contributed by atoms with Crippen molar-refractivity contribution in [3.05, 3.63) is 29.5 Å². The summed E-state index contributed by atoms with van der Waals surface area (Å²) in [5.41, 5.74) is -0.382. The molecule has 1 heterocycles. The first-order valence-corrected chi connectivity index (χ1v) is 5.38. The molecule has 0 aliphatic carbocycles. The van der Waals surface area contributed by atoms with E-state index in [1.807, 2.05) is 0 Å². The highest BCUT2D eigenvalue weighted by Crippen LogP contribution is 2.35. The second kappa shape index (κ2) is 4.57. The Morgan fingerprint density at radius 1 is 1.05 bits per heavy atom. The van der Waals surface area contributed by atoms with Gasteiger partial charge < -0.3 is 20.4 Å². The van der Waals surface area contributed by atoms with Crippen LogP contribution in [0.4, 0.5) is 0 Å². The van der Waals surface area contributed by atoms with E-state index in [9.17, 15) is 19.8 Å². The normalized spacial score (nSPS) is 10.4. The number of carbonyl (C=O) groups is 2. The van der Waals surface area contributed by atoms with Gasteiger partial charge in [0.1, 0.15) is 17.1 Å². The molecule has 0 atom stereocenters. The summed E-state index contributed by atoms with van der Waals surface area (Å²) in [5.74, 6) is -3.58. The lowest BCUT2D eigenvalue weighted by Crippen LogP contribution is -2.00. The van der Waals surface area contributed by atoms with Gasteiger partial charge in [-0.2, -0.15) is 5.10 Å². The molecule has 0 aliphatic heterocycles. The molecule has 4 N–H and O–H groups in total. The summed E-state index contributed by atoms with van der Waals surface area (Å²) in [6.45, 7) is 0. The molecule has 104 valence electrons. The minimum Gasteiger partial charge on any atom is -0.507 e. The molecule has 1 aromatic carbocycles. The highest BCUT2D eigenvalue weighted by molar-refractivity contribution is 5.94. The van der Waals surface area contributed by atoms with E-state index in [4.69, 9.17) is 10.2 Å². The van der Waals surface area contributed by atoms with Crippen molar-refractivity contribution in [3.8, 4) is 22.8 Å². The molecule has 0 radical (unpaired) electrons. The lowest BCUT2D eigenvalue weighted by molar-refractivity contribution is 0.0680. The van der Waals surface area contributed by atoms with Crippen LogP contribution in [0.3, 0.4) is 0 Å². The summed E-state index contributed by atoms with van der Waals surface area (Å²) in [4.78, 5) is 21.8. The molecule has 1 aromatic heterocycles. The van der Waals surface area contributed by atoms with Gasteiger partial charge in [0.2, 0.25) is 0 Å². The van der Waals surface area contributed by atoms with Crippen molar-refractivity contribution in [3.63, 3.8) is 0 Å². The van der Waals surface area contributed by atoms with E-state index in [2.05, 4.69) is 5.10 Å². The van der Waals surface area contributed by atoms with Crippen LogP contribution in [-0.4, -0.2) is 42.1 Å². The number of hydrogen-bond acceptors (Lipinski definition) is 5. The Morgan fingerprint density at radius 3 is 2.20 bits per heavy atom. The summed E-state index contributed by atoms with van der Waals surface area (Å²) in [7, 11) is 1.45. The van der Waals surface area contributed by atoms with Crippen LogP contribution in [0.2, 0.25) is 0 Å². The fourth-order valence-electron chi connectivity index (χ4n) is 1.78. The van der Waals surface area contributed by atoms with Crippen molar-refractivity contribution in [2.24, 2.45) is 7.05 Å².